The Morgan fingerprint density at radius 3 is 2.96 bits per heavy atom. The van der Waals surface area contributed by atoms with Gasteiger partial charge in [0.2, 0.25) is 11.7 Å². The number of likely N-dealkylation sites (tertiary alicyclic amines) is 1. The maximum Gasteiger partial charge on any atom is 0.257 e. The van der Waals surface area contributed by atoms with Gasteiger partial charge in [-0.25, -0.2) is 0 Å². The highest BCUT2D eigenvalue weighted by molar-refractivity contribution is 5.94. The zero-order valence-corrected chi connectivity index (χ0v) is 13.3. The monoisotopic (exact) mass is 323 g/mol. The third kappa shape index (κ3) is 2.50. The van der Waals surface area contributed by atoms with Crippen molar-refractivity contribution in [1.82, 2.24) is 15.0 Å². The van der Waals surface area contributed by atoms with Crippen molar-refractivity contribution >= 4 is 5.91 Å². The zero-order valence-electron chi connectivity index (χ0n) is 13.3. The highest BCUT2D eigenvalue weighted by Gasteiger charge is 2.35. The molecule has 1 aliphatic rings. The molecule has 1 aromatic carbocycles. The van der Waals surface area contributed by atoms with Crippen LogP contribution in [0.25, 0.3) is 11.4 Å². The molecule has 2 aromatic heterocycles. The predicted molar refractivity (Wildman–Crippen MR) is 86.2 cm³/mol. The van der Waals surface area contributed by atoms with Gasteiger partial charge in [0.1, 0.15) is 12.3 Å². The molecular weight excluding hydrogens is 306 g/mol. The molecule has 0 bridgehead atoms. The van der Waals surface area contributed by atoms with E-state index in [1.54, 1.807) is 11.0 Å². The fourth-order valence-corrected chi connectivity index (χ4v) is 3.12. The summed E-state index contributed by atoms with van der Waals surface area (Å²) in [6, 6.07) is 9.38. The van der Waals surface area contributed by atoms with Gasteiger partial charge < -0.3 is 13.8 Å². The molecule has 1 atom stereocenters. The SMILES string of the molecule is Cc1ccccc1-c1noc(C2CCCN2C(=O)c2ccoc2)n1. The molecule has 0 saturated carbocycles. The van der Waals surface area contributed by atoms with Gasteiger partial charge in [-0.05, 0) is 31.4 Å². The first kappa shape index (κ1) is 14.7. The highest BCUT2D eigenvalue weighted by Crippen LogP contribution is 2.33. The van der Waals surface area contributed by atoms with Crippen molar-refractivity contribution in [3.63, 3.8) is 0 Å². The number of aromatic nitrogens is 2. The second-order valence-corrected chi connectivity index (χ2v) is 5.94. The molecule has 6 nitrogen and oxygen atoms in total. The molecule has 1 amide bonds. The van der Waals surface area contributed by atoms with Crippen LogP contribution in [0, 0.1) is 6.92 Å². The molecular formula is C18H17N3O3. The molecule has 0 aliphatic carbocycles. The maximum absolute atomic E-state index is 12.6. The molecule has 6 heteroatoms. The van der Waals surface area contributed by atoms with Crippen molar-refractivity contribution in [1.29, 1.82) is 0 Å². The van der Waals surface area contributed by atoms with Crippen molar-refractivity contribution in [3.05, 3.63) is 59.9 Å². The van der Waals surface area contributed by atoms with Crippen molar-refractivity contribution in [2.45, 2.75) is 25.8 Å². The molecule has 0 spiro atoms. The van der Waals surface area contributed by atoms with E-state index in [-0.39, 0.29) is 11.9 Å². The number of nitrogens with zero attached hydrogens (tertiary/aromatic N) is 3. The third-order valence-corrected chi connectivity index (χ3v) is 4.39. The van der Waals surface area contributed by atoms with Crippen LogP contribution in [0.4, 0.5) is 0 Å². The van der Waals surface area contributed by atoms with Crippen LogP contribution < -0.4 is 0 Å². The van der Waals surface area contributed by atoms with Gasteiger partial charge in [-0.3, -0.25) is 4.79 Å². The van der Waals surface area contributed by atoms with Crippen LogP contribution in [0.3, 0.4) is 0 Å². The van der Waals surface area contributed by atoms with Gasteiger partial charge in [0.15, 0.2) is 0 Å². The van der Waals surface area contributed by atoms with Gasteiger partial charge in [0.25, 0.3) is 5.91 Å². The van der Waals surface area contributed by atoms with E-state index < -0.39 is 0 Å². The minimum Gasteiger partial charge on any atom is -0.472 e. The lowest BCUT2D eigenvalue weighted by atomic mass is 10.1. The molecule has 24 heavy (non-hydrogen) atoms. The number of rotatable bonds is 3. The van der Waals surface area contributed by atoms with Gasteiger partial charge in [-0.1, -0.05) is 29.4 Å². The van der Waals surface area contributed by atoms with E-state index in [9.17, 15) is 4.79 Å². The predicted octanol–water partition coefficient (Wildman–Crippen LogP) is 3.62. The number of aryl methyl sites for hydroxylation is 1. The molecule has 3 heterocycles. The van der Waals surface area contributed by atoms with Gasteiger partial charge in [-0.2, -0.15) is 4.98 Å². The average molecular weight is 323 g/mol. The Labute approximate surface area is 139 Å². The van der Waals surface area contributed by atoms with Gasteiger partial charge in [-0.15, -0.1) is 0 Å². The molecule has 0 N–H and O–H groups in total. The summed E-state index contributed by atoms with van der Waals surface area (Å²) in [4.78, 5) is 18.9. The number of hydrogen-bond donors (Lipinski definition) is 0. The van der Waals surface area contributed by atoms with Crippen molar-refractivity contribution in [2.75, 3.05) is 6.54 Å². The van der Waals surface area contributed by atoms with Crippen LogP contribution in [0.5, 0.6) is 0 Å². The van der Waals surface area contributed by atoms with Gasteiger partial charge in [0, 0.05) is 12.1 Å². The summed E-state index contributed by atoms with van der Waals surface area (Å²) in [7, 11) is 0. The molecule has 122 valence electrons. The Morgan fingerprint density at radius 1 is 1.29 bits per heavy atom. The summed E-state index contributed by atoms with van der Waals surface area (Å²) < 4.78 is 10.5. The molecule has 4 rings (SSSR count). The minimum atomic E-state index is -0.183. The first-order chi connectivity index (χ1) is 11.7. The Morgan fingerprint density at radius 2 is 2.17 bits per heavy atom. The van der Waals surface area contributed by atoms with Crippen LogP contribution in [-0.2, 0) is 0 Å². The van der Waals surface area contributed by atoms with Crippen LogP contribution in [0.15, 0.2) is 51.8 Å². The third-order valence-electron chi connectivity index (χ3n) is 4.39. The second kappa shape index (κ2) is 5.96. The largest absolute Gasteiger partial charge is 0.472 e. The van der Waals surface area contributed by atoms with E-state index in [1.807, 2.05) is 31.2 Å². The van der Waals surface area contributed by atoms with Crippen LogP contribution in [0.2, 0.25) is 0 Å². The van der Waals surface area contributed by atoms with E-state index >= 15 is 0 Å². The minimum absolute atomic E-state index is 0.0677. The van der Waals surface area contributed by atoms with Gasteiger partial charge in [0.05, 0.1) is 11.8 Å². The van der Waals surface area contributed by atoms with Crippen molar-refractivity contribution in [2.24, 2.45) is 0 Å². The lowest BCUT2D eigenvalue weighted by molar-refractivity contribution is 0.0709. The fourth-order valence-electron chi connectivity index (χ4n) is 3.12. The first-order valence-electron chi connectivity index (χ1n) is 7.97. The van der Waals surface area contributed by atoms with E-state index in [2.05, 4.69) is 10.1 Å². The van der Waals surface area contributed by atoms with E-state index in [0.29, 0.717) is 23.8 Å². The number of carbonyl (C=O) groups excluding carboxylic acids is 1. The number of carbonyl (C=O) groups is 1. The number of benzene rings is 1. The Kier molecular flexibility index (Phi) is 3.65. The summed E-state index contributed by atoms with van der Waals surface area (Å²) in [5, 5.41) is 4.11. The van der Waals surface area contributed by atoms with Crippen LogP contribution in [0.1, 0.15) is 40.7 Å². The summed E-state index contributed by atoms with van der Waals surface area (Å²) in [5.41, 5.74) is 2.57. The number of hydrogen-bond acceptors (Lipinski definition) is 5. The number of amides is 1. The van der Waals surface area contributed by atoms with Crippen molar-refractivity contribution in [3.8, 4) is 11.4 Å². The highest BCUT2D eigenvalue weighted by atomic mass is 16.5. The molecule has 1 fully saturated rings. The molecule has 1 aliphatic heterocycles. The fraction of sp³-hybridized carbons (Fsp3) is 0.278. The smallest absolute Gasteiger partial charge is 0.257 e. The average Bonchev–Trinajstić information content (AvgIpc) is 3.34. The Hall–Kier alpha value is -2.89. The molecule has 0 radical (unpaired) electrons. The van der Waals surface area contributed by atoms with E-state index in [4.69, 9.17) is 8.94 Å². The summed E-state index contributed by atoms with van der Waals surface area (Å²) in [6.07, 6.45) is 4.70. The normalized spacial score (nSPS) is 17.4. The van der Waals surface area contributed by atoms with Crippen LogP contribution in [-0.4, -0.2) is 27.5 Å². The lowest BCUT2D eigenvalue weighted by Gasteiger charge is -2.20. The standard InChI is InChI=1S/C18H17N3O3/c1-12-5-2-3-6-14(12)16-19-17(24-20-16)15-7-4-9-21(15)18(22)13-8-10-23-11-13/h2-3,5-6,8,10-11,15H,4,7,9H2,1H3. The summed E-state index contributed by atoms with van der Waals surface area (Å²) in [6.45, 7) is 2.69. The number of furan rings is 1. The quantitative estimate of drug-likeness (QED) is 0.736. The maximum atomic E-state index is 12.6. The topological polar surface area (TPSA) is 72.4 Å². The van der Waals surface area contributed by atoms with Crippen molar-refractivity contribution < 1.29 is 13.7 Å². The van der Waals surface area contributed by atoms with Crippen LogP contribution >= 0.6 is 0 Å². The molecule has 3 aromatic rings. The van der Waals surface area contributed by atoms with Gasteiger partial charge >= 0.3 is 0 Å². The summed E-state index contributed by atoms with van der Waals surface area (Å²) >= 11 is 0. The lowest BCUT2D eigenvalue weighted by Crippen LogP contribution is -2.30. The zero-order chi connectivity index (χ0) is 16.5. The molecule has 1 unspecified atom stereocenters. The summed E-state index contributed by atoms with van der Waals surface area (Å²) in [5.74, 6) is 0.982. The second-order valence-electron chi connectivity index (χ2n) is 5.94. The van der Waals surface area contributed by atoms with E-state index in [1.165, 1.54) is 12.5 Å². The molecule has 1 saturated heterocycles. The van der Waals surface area contributed by atoms with E-state index in [0.717, 1.165) is 24.0 Å². The Bertz CT molecular complexity index is 854. The Balaban J connectivity index is 1.62. The first-order valence-corrected chi connectivity index (χ1v) is 7.97.